The van der Waals surface area contributed by atoms with Gasteiger partial charge in [-0.25, -0.2) is 8.91 Å². The van der Waals surface area contributed by atoms with Gasteiger partial charge in [0.05, 0.1) is 49.9 Å². The average molecular weight is 659 g/mol. The molecule has 3 heterocycles. The molecule has 47 heavy (non-hydrogen) atoms. The number of hydrogen-bond acceptors (Lipinski definition) is 8. The number of amides is 1. The highest BCUT2D eigenvalue weighted by molar-refractivity contribution is 7.86. The minimum absolute atomic E-state index is 0.217. The first-order valence-corrected chi connectivity index (χ1v) is 16.8. The van der Waals surface area contributed by atoms with E-state index >= 15 is 0 Å². The molecule has 2 atom stereocenters. The second-order valence-electron chi connectivity index (χ2n) is 11.5. The zero-order chi connectivity index (χ0) is 33.1. The molecular formula is C35H35FN4O6S. The predicted octanol–water partition coefficient (Wildman–Crippen LogP) is 5.63. The molecule has 0 saturated carbocycles. The normalized spacial score (nSPS) is 16.4. The summed E-state index contributed by atoms with van der Waals surface area (Å²) in [5.74, 6) is 0.840. The largest absolute Gasteiger partial charge is 0.497 e. The highest BCUT2D eigenvalue weighted by atomic mass is 32.2. The third-order valence-electron chi connectivity index (χ3n) is 8.23. The van der Waals surface area contributed by atoms with Gasteiger partial charge in [0.2, 0.25) is 0 Å². The highest BCUT2D eigenvalue weighted by Gasteiger charge is 2.36. The lowest BCUT2D eigenvalue weighted by molar-refractivity contribution is 0.0732. The SMILES string of the molecule is COc1ccc(CN(Cc2ccc(OC)cc2)C(=O)c2cnn3ccc(N4CC(OS(C)(=O)=O)CC4c4cccc(F)c4)cc23)cc1. The van der Waals surface area contributed by atoms with Gasteiger partial charge in [0.25, 0.3) is 16.0 Å². The van der Waals surface area contributed by atoms with E-state index in [4.69, 9.17) is 13.7 Å². The summed E-state index contributed by atoms with van der Waals surface area (Å²) in [6.07, 6.45) is 4.04. The molecule has 12 heteroatoms. The summed E-state index contributed by atoms with van der Waals surface area (Å²) < 4.78 is 55.9. The van der Waals surface area contributed by atoms with Crippen LogP contribution < -0.4 is 14.4 Å². The molecule has 2 unspecified atom stereocenters. The number of fused-ring (bicyclic) bond motifs is 1. The fourth-order valence-electron chi connectivity index (χ4n) is 6.02. The Balaban J connectivity index is 1.35. The van der Waals surface area contributed by atoms with Crippen molar-refractivity contribution in [3.63, 3.8) is 0 Å². The average Bonchev–Trinajstić information content (AvgIpc) is 3.68. The zero-order valence-electron chi connectivity index (χ0n) is 26.2. The Morgan fingerprint density at radius 2 is 1.57 bits per heavy atom. The molecule has 0 radical (unpaired) electrons. The van der Waals surface area contributed by atoms with Crippen molar-refractivity contribution in [2.75, 3.05) is 31.9 Å². The van der Waals surface area contributed by atoms with Crippen LogP contribution in [0.3, 0.4) is 0 Å². The van der Waals surface area contributed by atoms with Crippen LogP contribution in [0.15, 0.2) is 97.3 Å². The molecule has 1 amide bonds. The number of benzene rings is 3. The highest BCUT2D eigenvalue weighted by Crippen LogP contribution is 2.38. The van der Waals surface area contributed by atoms with Crippen LogP contribution in [0.1, 0.15) is 39.5 Å². The molecule has 6 rings (SSSR count). The van der Waals surface area contributed by atoms with E-state index in [1.54, 1.807) is 42.1 Å². The molecule has 1 saturated heterocycles. The van der Waals surface area contributed by atoms with E-state index in [9.17, 15) is 17.6 Å². The monoisotopic (exact) mass is 658 g/mol. The van der Waals surface area contributed by atoms with Crippen molar-refractivity contribution in [3.8, 4) is 11.5 Å². The van der Waals surface area contributed by atoms with Crippen molar-refractivity contribution in [3.05, 3.63) is 125 Å². The Morgan fingerprint density at radius 1 is 0.936 bits per heavy atom. The summed E-state index contributed by atoms with van der Waals surface area (Å²) in [4.78, 5) is 18.1. The van der Waals surface area contributed by atoms with Crippen molar-refractivity contribution in [2.45, 2.75) is 31.7 Å². The maximum Gasteiger partial charge on any atom is 0.264 e. The van der Waals surface area contributed by atoms with Gasteiger partial charge in [0.1, 0.15) is 17.3 Å². The number of pyridine rings is 1. The van der Waals surface area contributed by atoms with Gasteiger partial charge < -0.3 is 19.3 Å². The van der Waals surface area contributed by atoms with E-state index in [1.165, 1.54) is 12.1 Å². The Labute approximate surface area is 273 Å². The van der Waals surface area contributed by atoms with Gasteiger partial charge in [0.15, 0.2) is 0 Å². The van der Waals surface area contributed by atoms with Crippen molar-refractivity contribution >= 4 is 27.2 Å². The first kappa shape index (κ1) is 32.0. The fraction of sp³-hybridized carbons (Fsp3) is 0.257. The molecule has 1 aliphatic rings. The van der Waals surface area contributed by atoms with Gasteiger partial charge in [-0.3, -0.25) is 8.98 Å². The van der Waals surface area contributed by atoms with Crippen LogP contribution >= 0.6 is 0 Å². The number of halogens is 1. The predicted molar refractivity (Wildman–Crippen MR) is 176 cm³/mol. The number of nitrogens with zero attached hydrogens (tertiary/aromatic N) is 4. The second kappa shape index (κ2) is 13.4. The first-order valence-electron chi connectivity index (χ1n) is 15.0. The van der Waals surface area contributed by atoms with E-state index in [0.717, 1.165) is 34.6 Å². The zero-order valence-corrected chi connectivity index (χ0v) is 27.1. The maximum atomic E-state index is 14.3. The minimum Gasteiger partial charge on any atom is -0.497 e. The molecule has 1 fully saturated rings. The molecule has 0 spiro atoms. The maximum absolute atomic E-state index is 14.3. The summed E-state index contributed by atoms with van der Waals surface area (Å²) in [7, 11) is -0.506. The lowest BCUT2D eigenvalue weighted by atomic mass is 10.0. The van der Waals surface area contributed by atoms with Crippen molar-refractivity contribution in [1.82, 2.24) is 14.5 Å². The lowest BCUT2D eigenvalue weighted by Crippen LogP contribution is -2.30. The van der Waals surface area contributed by atoms with Crippen molar-refractivity contribution in [1.29, 1.82) is 0 Å². The van der Waals surface area contributed by atoms with Gasteiger partial charge in [0, 0.05) is 37.9 Å². The molecule has 10 nitrogen and oxygen atoms in total. The quantitative estimate of drug-likeness (QED) is 0.168. The minimum atomic E-state index is -3.72. The number of aromatic nitrogens is 2. The summed E-state index contributed by atoms with van der Waals surface area (Å²) in [5, 5.41) is 4.47. The summed E-state index contributed by atoms with van der Waals surface area (Å²) in [6, 6.07) is 24.7. The van der Waals surface area contributed by atoms with Crippen LogP contribution in [0.4, 0.5) is 10.1 Å². The molecule has 3 aromatic carbocycles. The van der Waals surface area contributed by atoms with Gasteiger partial charge in [-0.05, 0) is 65.2 Å². The number of rotatable bonds is 11. The van der Waals surface area contributed by atoms with Gasteiger partial charge in [-0.15, -0.1) is 0 Å². The molecule has 2 aromatic heterocycles. The number of anilines is 1. The van der Waals surface area contributed by atoms with Crippen LogP contribution in [0, 0.1) is 5.82 Å². The van der Waals surface area contributed by atoms with Crippen LogP contribution in [0.2, 0.25) is 0 Å². The van der Waals surface area contributed by atoms with Crippen LogP contribution in [0.5, 0.6) is 11.5 Å². The van der Waals surface area contributed by atoms with Crippen LogP contribution in [-0.4, -0.2) is 62.0 Å². The number of carbonyl (C=O) groups is 1. The molecule has 0 N–H and O–H groups in total. The third-order valence-corrected chi connectivity index (χ3v) is 8.85. The molecular weight excluding hydrogens is 623 g/mol. The number of ether oxygens (including phenoxy) is 2. The van der Waals surface area contributed by atoms with Crippen molar-refractivity contribution in [2.24, 2.45) is 0 Å². The van der Waals surface area contributed by atoms with E-state index in [2.05, 4.69) is 5.10 Å². The van der Waals surface area contributed by atoms with Crippen molar-refractivity contribution < 1.29 is 31.3 Å². The molecule has 0 aliphatic carbocycles. The Morgan fingerprint density at radius 3 is 2.15 bits per heavy atom. The smallest absolute Gasteiger partial charge is 0.264 e. The van der Waals surface area contributed by atoms with Gasteiger partial charge >= 0.3 is 0 Å². The van der Waals surface area contributed by atoms with Crippen LogP contribution in [-0.2, 0) is 27.4 Å². The molecule has 5 aromatic rings. The summed E-state index contributed by atoms with van der Waals surface area (Å²) in [5.41, 5.74) is 4.25. The van der Waals surface area contributed by atoms with E-state index in [1.807, 2.05) is 71.6 Å². The number of hydrogen-bond donors (Lipinski definition) is 0. The number of carbonyl (C=O) groups excluding carboxylic acids is 1. The van der Waals surface area contributed by atoms with Gasteiger partial charge in [-0.2, -0.15) is 13.5 Å². The van der Waals surface area contributed by atoms with Gasteiger partial charge in [-0.1, -0.05) is 36.4 Å². The Kier molecular flexibility index (Phi) is 9.15. The fourth-order valence-corrected chi connectivity index (χ4v) is 6.65. The molecule has 1 aliphatic heterocycles. The Bertz CT molecular complexity index is 1930. The number of methoxy groups -OCH3 is 2. The van der Waals surface area contributed by atoms with E-state index < -0.39 is 16.2 Å². The first-order chi connectivity index (χ1) is 22.6. The van der Waals surface area contributed by atoms with Crippen LogP contribution in [0.25, 0.3) is 5.52 Å². The summed E-state index contributed by atoms with van der Waals surface area (Å²) >= 11 is 0. The van der Waals surface area contributed by atoms with E-state index in [0.29, 0.717) is 36.2 Å². The topological polar surface area (TPSA) is 103 Å². The molecule has 244 valence electrons. The molecule has 0 bridgehead atoms. The Hall–Kier alpha value is -4.94. The second-order valence-corrected chi connectivity index (χ2v) is 13.1. The van der Waals surface area contributed by atoms with E-state index in [-0.39, 0.29) is 24.3 Å². The summed E-state index contributed by atoms with van der Waals surface area (Å²) in [6.45, 7) is 0.928. The lowest BCUT2D eigenvalue weighted by Gasteiger charge is -2.27. The standard InChI is InChI=1S/C35H35FN4O6S/c1-44-29-11-7-24(8-12-29)21-38(22-25-9-13-30(45-2)14-10-25)35(41)32-20-37-40-16-15-28(18-34(32)40)39-23-31(46-47(3,42)43)19-33(39)26-5-4-6-27(36)17-26/h4-18,20,31,33H,19,21-23H2,1-3H3. The third kappa shape index (κ3) is 7.39.